The van der Waals surface area contributed by atoms with E-state index in [2.05, 4.69) is 10.1 Å². The number of ether oxygens (including phenoxy) is 2. The number of hydrogen-bond acceptors (Lipinski definition) is 6. The maximum atomic E-state index is 13.6. The first-order valence-electron chi connectivity index (χ1n) is 8.68. The highest BCUT2D eigenvalue weighted by Gasteiger charge is 2.17. The van der Waals surface area contributed by atoms with Crippen LogP contribution in [0.25, 0.3) is 0 Å². The van der Waals surface area contributed by atoms with Crippen LogP contribution in [0.2, 0.25) is 0 Å². The Hall–Kier alpha value is -3.42. The number of nitrogens with zero attached hydrogens (tertiary/aromatic N) is 3. The fourth-order valence-electron chi connectivity index (χ4n) is 2.47. The molecule has 0 atom stereocenters. The lowest BCUT2D eigenvalue weighted by molar-refractivity contribution is 0.0768. The fraction of sp³-hybridized carbons (Fsp3) is 0.250. The smallest absolute Gasteiger partial charge is 0.257 e. The number of hydrogen-bond donors (Lipinski definition) is 0. The molecule has 146 valence electrons. The molecule has 28 heavy (non-hydrogen) atoms. The summed E-state index contributed by atoms with van der Waals surface area (Å²) in [5, 5.41) is 3.76. The molecule has 7 nitrogen and oxygen atoms in total. The van der Waals surface area contributed by atoms with E-state index in [4.69, 9.17) is 14.0 Å². The van der Waals surface area contributed by atoms with E-state index in [1.54, 1.807) is 56.4 Å². The van der Waals surface area contributed by atoms with Crippen LogP contribution in [0.15, 0.2) is 53.1 Å². The predicted molar refractivity (Wildman–Crippen MR) is 98.7 cm³/mol. The summed E-state index contributed by atoms with van der Waals surface area (Å²) >= 11 is 0. The van der Waals surface area contributed by atoms with Gasteiger partial charge < -0.3 is 18.9 Å². The van der Waals surface area contributed by atoms with Crippen molar-refractivity contribution in [1.29, 1.82) is 0 Å². The van der Waals surface area contributed by atoms with Gasteiger partial charge in [0, 0.05) is 14.0 Å². The van der Waals surface area contributed by atoms with Crippen molar-refractivity contribution in [3.8, 4) is 11.5 Å². The van der Waals surface area contributed by atoms with Gasteiger partial charge in [0.2, 0.25) is 11.7 Å². The van der Waals surface area contributed by atoms with Gasteiger partial charge in [-0.25, -0.2) is 4.39 Å². The summed E-state index contributed by atoms with van der Waals surface area (Å²) in [6, 6.07) is 13.0. The third kappa shape index (κ3) is 4.85. The zero-order valence-corrected chi connectivity index (χ0v) is 15.6. The lowest BCUT2D eigenvalue weighted by Gasteiger charge is -2.19. The van der Waals surface area contributed by atoms with Crippen LogP contribution in [-0.2, 0) is 6.61 Å². The van der Waals surface area contributed by atoms with Gasteiger partial charge in [0.15, 0.2) is 18.2 Å². The average molecular weight is 385 g/mol. The van der Waals surface area contributed by atoms with Crippen molar-refractivity contribution in [3.05, 3.63) is 71.6 Å². The van der Waals surface area contributed by atoms with Crippen molar-refractivity contribution < 1.29 is 23.2 Å². The molecule has 0 aliphatic heterocycles. The molecule has 0 radical (unpaired) electrons. The van der Waals surface area contributed by atoms with E-state index in [1.807, 2.05) is 0 Å². The highest BCUT2D eigenvalue weighted by molar-refractivity contribution is 5.96. The Kier molecular flexibility index (Phi) is 6.21. The number of amides is 1. The number of likely N-dealkylation sites (N-methyl/N-ethyl adjacent to an activating group) is 1. The third-order valence-electron chi connectivity index (χ3n) is 3.91. The summed E-state index contributed by atoms with van der Waals surface area (Å²) < 4.78 is 29.6. The van der Waals surface area contributed by atoms with Gasteiger partial charge in [-0.1, -0.05) is 29.4 Å². The van der Waals surface area contributed by atoms with Crippen LogP contribution < -0.4 is 9.47 Å². The Labute approximate surface area is 161 Å². The van der Waals surface area contributed by atoms with E-state index in [-0.39, 0.29) is 31.4 Å². The minimum absolute atomic E-state index is 0.0851. The second-order valence-electron chi connectivity index (χ2n) is 6.02. The third-order valence-corrected chi connectivity index (χ3v) is 3.91. The summed E-state index contributed by atoms with van der Waals surface area (Å²) in [5.74, 6) is 0.729. The number of para-hydroxylation sites is 2. The Balaban J connectivity index is 1.59. The van der Waals surface area contributed by atoms with E-state index in [0.717, 1.165) is 0 Å². The van der Waals surface area contributed by atoms with E-state index in [0.29, 0.717) is 23.0 Å². The topological polar surface area (TPSA) is 77.7 Å². The van der Waals surface area contributed by atoms with Crippen molar-refractivity contribution in [3.63, 3.8) is 0 Å². The number of aryl methyl sites for hydroxylation is 1. The number of aromatic nitrogens is 2. The van der Waals surface area contributed by atoms with Gasteiger partial charge in [-0.3, -0.25) is 4.79 Å². The number of carbonyl (C=O) groups excluding carboxylic acids is 1. The maximum Gasteiger partial charge on any atom is 0.257 e. The van der Waals surface area contributed by atoms with Crippen molar-refractivity contribution >= 4 is 5.91 Å². The average Bonchev–Trinajstić information content (AvgIpc) is 3.12. The molecule has 0 unspecified atom stereocenters. The second kappa shape index (κ2) is 8.98. The molecule has 0 spiro atoms. The summed E-state index contributed by atoms with van der Waals surface area (Å²) in [4.78, 5) is 18.3. The highest BCUT2D eigenvalue weighted by atomic mass is 19.1. The molecule has 8 heteroatoms. The Morgan fingerprint density at radius 2 is 1.82 bits per heavy atom. The molecule has 1 amide bonds. The van der Waals surface area contributed by atoms with Crippen LogP contribution in [0, 0.1) is 12.7 Å². The molecule has 2 aromatic carbocycles. The molecule has 0 bridgehead atoms. The van der Waals surface area contributed by atoms with E-state index in [9.17, 15) is 9.18 Å². The largest absolute Gasteiger partial charge is 0.489 e. The quantitative estimate of drug-likeness (QED) is 0.592. The lowest BCUT2D eigenvalue weighted by atomic mass is 10.2. The molecule has 3 rings (SSSR count). The zero-order valence-electron chi connectivity index (χ0n) is 15.6. The Bertz CT molecular complexity index is 944. The normalized spacial score (nSPS) is 10.5. The summed E-state index contributed by atoms with van der Waals surface area (Å²) in [5.41, 5.74) is 0.399. The number of benzene rings is 2. The molecule has 1 heterocycles. The monoisotopic (exact) mass is 385 g/mol. The molecular formula is C20H20FN3O4. The van der Waals surface area contributed by atoms with Crippen LogP contribution in [-0.4, -0.2) is 41.1 Å². The maximum absolute atomic E-state index is 13.6. The molecule has 0 saturated heterocycles. The van der Waals surface area contributed by atoms with Crippen LogP contribution in [0.1, 0.15) is 22.1 Å². The Morgan fingerprint density at radius 3 is 2.54 bits per heavy atom. The predicted octanol–water partition coefficient (Wildman–Crippen LogP) is 3.25. The van der Waals surface area contributed by atoms with Gasteiger partial charge in [0.05, 0.1) is 12.1 Å². The summed E-state index contributed by atoms with van der Waals surface area (Å²) in [6.45, 7) is 2.22. The van der Waals surface area contributed by atoms with Gasteiger partial charge in [-0.05, 0) is 24.3 Å². The highest BCUT2D eigenvalue weighted by Crippen LogP contribution is 2.21. The van der Waals surface area contributed by atoms with Crippen LogP contribution in [0.4, 0.5) is 4.39 Å². The van der Waals surface area contributed by atoms with E-state index < -0.39 is 5.82 Å². The van der Waals surface area contributed by atoms with Gasteiger partial charge in [0.25, 0.3) is 5.91 Å². The molecule has 1 aromatic heterocycles. The van der Waals surface area contributed by atoms with Crippen LogP contribution in [0.5, 0.6) is 11.5 Å². The van der Waals surface area contributed by atoms with E-state index >= 15 is 0 Å². The van der Waals surface area contributed by atoms with Gasteiger partial charge in [-0.2, -0.15) is 4.98 Å². The zero-order chi connectivity index (χ0) is 19.9. The molecule has 0 aliphatic rings. The van der Waals surface area contributed by atoms with Crippen molar-refractivity contribution in [2.24, 2.45) is 0 Å². The first-order chi connectivity index (χ1) is 13.5. The number of halogens is 1. The molecule has 0 N–H and O–H groups in total. The molecule has 3 aromatic rings. The molecule has 0 saturated carbocycles. The van der Waals surface area contributed by atoms with E-state index in [1.165, 1.54) is 11.0 Å². The minimum atomic E-state index is -0.438. The summed E-state index contributed by atoms with van der Waals surface area (Å²) in [6.07, 6.45) is 0. The van der Waals surface area contributed by atoms with Crippen molar-refractivity contribution in [2.45, 2.75) is 13.5 Å². The van der Waals surface area contributed by atoms with Gasteiger partial charge in [-0.15, -0.1) is 0 Å². The van der Waals surface area contributed by atoms with Crippen LogP contribution in [0.3, 0.4) is 0 Å². The van der Waals surface area contributed by atoms with Crippen molar-refractivity contribution in [2.75, 3.05) is 20.2 Å². The molecular weight excluding hydrogens is 365 g/mol. The minimum Gasteiger partial charge on any atom is -0.489 e. The number of carbonyl (C=O) groups is 1. The Morgan fingerprint density at radius 1 is 1.11 bits per heavy atom. The fourth-order valence-corrected chi connectivity index (χ4v) is 2.47. The second-order valence-corrected chi connectivity index (χ2v) is 6.02. The summed E-state index contributed by atoms with van der Waals surface area (Å²) in [7, 11) is 1.65. The number of rotatable bonds is 8. The molecule has 0 fully saturated rings. The van der Waals surface area contributed by atoms with Crippen molar-refractivity contribution in [1.82, 2.24) is 15.0 Å². The SMILES string of the molecule is Cc1nc(COc2ccccc2C(=O)N(C)CCOc2ccccc2F)no1. The van der Waals surface area contributed by atoms with Crippen LogP contribution >= 0.6 is 0 Å². The lowest BCUT2D eigenvalue weighted by Crippen LogP contribution is -2.31. The van der Waals surface area contributed by atoms with Gasteiger partial charge >= 0.3 is 0 Å². The van der Waals surface area contributed by atoms with Gasteiger partial charge in [0.1, 0.15) is 12.4 Å². The molecule has 0 aliphatic carbocycles. The standard InChI is InChI=1S/C20H20FN3O4/c1-14-22-19(23-28-14)13-27-17-9-5-3-7-15(17)20(25)24(2)11-12-26-18-10-6-4-8-16(18)21/h3-10H,11-13H2,1-2H3. The first kappa shape index (κ1) is 19.3. The first-order valence-corrected chi connectivity index (χ1v) is 8.68.